The van der Waals surface area contributed by atoms with Crippen LogP contribution in [0, 0.1) is 0 Å². The van der Waals surface area contributed by atoms with E-state index >= 15 is 0 Å². The van der Waals surface area contributed by atoms with Gasteiger partial charge in [0.1, 0.15) is 6.33 Å². The molecule has 0 radical (unpaired) electrons. The lowest BCUT2D eigenvalue weighted by molar-refractivity contribution is 0.648. The molecule has 2 N–H and O–H groups in total. The fraction of sp³-hybridized carbons (Fsp3) is 0.333. The molecule has 4 heteroatoms. The number of aromatic nitrogens is 2. The summed E-state index contributed by atoms with van der Waals surface area (Å²) in [5.41, 5.74) is 7.13. The van der Waals surface area contributed by atoms with Crippen LogP contribution in [0.3, 0.4) is 0 Å². The Labute approximate surface area is 99.4 Å². The first-order valence-electron chi connectivity index (χ1n) is 5.42. The van der Waals surface area contributed by atoms with E-state index in [1.54, 1.807) is 17.7 Å². The van der Waals surface area contributed by atoms with Gasteiger partial charge in [-0.05, 0) is 18.6 Å². The van der Waals surface area contributed by atoms with Gasteiger partial charge in [0.15, 0.2) is 0 Å². The summed E-state index contributed by atoms with van der Waals surface area (Å²) in [6, 6.07) is 4.36. The van der Waals surface area contributed by atoms with E-state index < -0.39 is 0 Å². The van der Waals surface area contributed by atoms with Crippen molar-refractivity contribution in [3.8, 4) is 10.4 Å². The molecule has 0 aliphatic heterocycles. The smallest absolute Gasteiger partial charge is 0.115 e. The topological polar surface area (TPSA) is 51.8 Å². The van der Waals surface area contributed by atoms with E-state index in [0.717, 1.165) is 18.4 Å². The van der Waals surface area contributed by atoms with Crippen molar-refractivity contribution >= 4 is 11.3 Å². The molecule has 1 unspecified atom stereocenters. The average molecular weight is 233 g/mol. The van der Waals surface area contributed by atoms with Crippen LogP contribution in [-0.2, 0) is 0 Å². The first-order chi connectivity index (χ1) is 7.81. The molecule has 0 bridgehead atoms. The summed E-state index contributed by atoms with van der Waals surface area (Å²) in [5.74, 6) is 0. The predicted octanol–water partition coefficient (Wildman–Crippen LogP) is 3.01. The highest BCUT2D eigenvalue weighted by atomic mass is 32.1. The first-order valence-corrected chi connectivity index (χ1v) is 6.23. The molecule has 0 aromatic carbocycles. The minimum atomic E-state index is 0.161. The second-order valence-corrected chi connectivity index (χ2v) is 4.84. The molecule has 0 spiro atoms. The highest BCUT2D eigenvalue weighted by molar-refractivity contribution is 7.15. The minimum Gasteiger partial charge on any atom is -0.323 e. The van der Waals surface area contributed by atoms with Crippen molar-refractivity contribution in [2.75, 3.05) is 0 Å². The van der Waals surface area contributed by atoms with E-state index in [1.165, 1.54) is 9.75 Å². The van der Waals surface area contributed by atoms with Gasteiger partial charge >= 0.3 is 0 Å². The summed E-state index contributed by atoms with van der Waals surface area (Å²) < 4.78 is 0. The van der Waals surface area contributed by atoms with Crippen molar-refractivity contribution in [3.05, 3.63) is 35.7 Å². The molecular formula is C12H15N3S. The molecule has 0 aliphatic carbocycles. The van der Waals surface area contributed by atoms with E-state index in [0.29, 0.717) is 0 Å². The van der Waals surface area contributed by atoms with E-state index in [4.69, 9.17) is 5.73 Å². The fourth-order valence-corrected chi connectivity index (χ4v) is 2.61. The zero-order valence-electron chi connectivity index (χ0n) is 9.26. The Balaban J connectivity index is 2.20. The lowest BCUT2D eigenvalue weighted by atomic mass is 10.1. The summed E-state index contributed by atoms with van der Waals surface area (Å²) >= 11 is 1.73. The Bertz CT molecular complexity index is 439. The van der Waals surface area contributed by atoms with Crippen LogP contribution < -0.4 is 5.73 Å². The fourth-order valence-electron chi connectivity index (χ4n) is 1.59. The van der Waals surface area contributed by atoms with Crippen LogP contribution in [0.5, 0.6) is 0 Å². The van der Waals surface area contributed by atoms with Crippen LogP contribution in [0.25, 0.3) is 10.4 Å². The zero-order chi connectivity index (χ0) is 11.4. The van der Waals surface area contributed by atoms with E-state index in [2.05, 4.69) is 29.0 Å². The molecular weight excluding hydrogens is 218 g/mol. The molecule has 2 aromatic rings. The Kier molecular flexibility index (Phi) is 3.64. The van der Waals surface area contributed by atoms with Crippen LogP contribution in [0.4, 0.5) is 0 Å². The molecule has 2 heterocycles. The van der Waals surface area contributed by atoms with Crippen LogP contribution >= 0.6 is 11.3 Å². The van der Waals surface area contributed by atoms with Crippen LogP contribution in [0.2, 0.25) is 0 Å². The van der Waals surface area contributed by atoms with Gasteiger partial charge in [-0.3, -0.25) is 0 Å². The zero-order valence-corrected chi connectivity index (χ0v) is 10.1. The minimum absolute atomic E-state index is 0.161. The second-order valence-electron chi connectivity index (χ2n) is 3.72. The van der Waals surface area contributed by atoms with Crippen LogP contribution in [-0.4, -0.2) is 9.97 Å². The van der Waals surface area contributed by atoms with Crippen molar-refractivity contribution < 1.29 is 0 Å². The first kappa shape index (κ1) is 11.2. The van der Waals surface area contributed by atoms with Gasteiger partial charge in [-0.25, -0.2) is 9.97 Å². The van der Waals surface area contributed by atoms with Gasteiger partial charge in [0, 0.05) is 33.8 Å². The Morgan fingerprint density at radius 3 is 2.75 bits per heavy atom. The van der Waals surface area contributed by atoms with E-state index in [1.807, 2.05) is 12.4 Å². The Morgan fingerprint density at radius 1 is 1.31 bits per heavy atom. The van der Waals surface area contributed by atoms with Gasteiger partial charge in [-0.15, -0.1) is 11.3 Å². The standard InChI is InChI=1S/C12H15N3S/c1-2-3-10(13)12-5-4-11(16-12)9-6-14-8-15-7-9/h4-8,10H,2-3,13H2,1H3. The molecule has 2 rings (SSSR count). The van der Waals surface area contributed by atoms with Gasteiger partial charge in [0.2, 0.25) is 0 Å². The second kappa shape index (κ2) is 5.18. The van der Waals surface area contributed by atoms with Crippen molar-refractivity contribution in [2.24, 2.45) is 5.73 Å². The summed E-state index contributed by atoms with van der Waals surface area (Å²) in [5, 5.41) is 0. The number of hydrogen-bond acceptors (Lipinski definition) is 4. The molecule has 16 heavy (non-hydrogen) atoms. The largest absolute Gasteiger partial charge is 0.323 e. The lowest BCUT2D eigenvalue weighted by Crippen LogP contribution is -2.07. The maximum absolute atomic E-state index is 6.08. The molecule has 3 nitrogen and oxygen atoms in total. The van der Waals surface area contributed by atoms with Crippen molar-refractivity contribution in [2.45, 2.75) is 25.8 Å². The third-order valence-corrected chi connectivity index (χ3v) is 3.70. The van der Waals surface area contributed by atoms with Gasteiger partial charge < -0.3 is 5.73 Å². The molecule has 0 saturated carbocycles. The van der Waals surface area contributed by atoms with Gasteiger partial charge in [0.05, 0.1) is 0 Å². The molecule has 0 fully saturated rings. The number of rotatable bonds is 4. The van der Waals surface area contributed by atoms with Crippen LogP contribution in [0.1, 0.15) is 30.7 Å². The van der Waals surface area contributed by atoms with Gasteiger partial charge in [-0.2, -0.15) is 0 Å². The molecule has 1 atom stereocenters. The van der Waals surface area contributed by atoms with E-state index in [-0.39, 0.29) is 6.04 Å². The molecule has 0 amide bonds. The predicted molar refractivity (Wildman–Crippen MR) is 67.2 cm³/mol. The average Bonchev–Trinajstić information content (AvgIpc) is 2.80. The third kappa shape index (κ3) is 2.46. The van der Waals surface area contributed by atoms with Crippen molar-refractivity contribution in [1.82, 2.24) is 9.97 Å². The molecule has 0 aliphatic rings. The SMILES string of the molecule is CCCC(N)c1ccc(-c2cncnc2)s1. The highest BCUT2D eigenvalue weighted by Crippen LogP contribution is 2.31. The normalized spacial score (nSPS) is 12.6. The maximum Gasteiger partial charge on any atom is 0.115 e. The quantitative estimate of drug-likeness (QED) is 0.883. The van der Waals surface area contributed by atoms with Crippen molar-refractivity contribution in [1.29, 1.82) is 0 Å². The third-order valence-electron chi connectivity index (χ3n) is 2.44. The van der Waals surface area contributed by atoms with Crippen LogP contribution in [0.15, 0.2) is 30.9 Å². The Morgan fingerprint density at radius 2 is 2.06 bits per heavy atom. The number of nitrogens with zero attached hydrogens (tertiary/aromatic N) is 2. The summed E-state index contributed by atoms with van der Waals surface area (Å²) in [6.07, 6.45) is 7.34. The molecule has 2 aromatic heterocycles. The number of thiophene rings is 1. The van der Waals surface area contributed by atoms with E-state index in [9.17, 15) is 0 Å². The van der Waals surface area contributed by atoms with Crippen molar-refractivity contribution in [3.63, 3.8) is 0 Å². The maximum atomic E-state index is 6.08. The monoisotopic (exact) mass is 233 g/mol. The summed E-state index contributed by atoms with van der Waals surface area (Å²) in [6.45, 7) is 2.15. The number of nitrogens with two attached hydrogens (primary N) is 1. The summed E-state index contributed by atoms with van der Waals surface area (Å²) in [4.78, 5) is 10.5. The lowest BCUT2D eigenvalue weighted by Gasteiger charge is -2.06. The van der Waals surface area contributed by atoms with Gasteiger partial charge in [-0.1, -0.05) is 13.3 Å². The highest BCUT2D eigenvalue weighted by Gasteiger charge is 2.09. The number of hydrogen-bond donors (Lipinski definition) is 1. The van der Waals surface area contributed by atoms with Gasteiger partial charge in [0.25, 0.3) is 0 Å². The molecule has 84 valence electrons. The summed E-state index contributed by atoms with van der Waals surface area (Å²) in [7, 11) is 0. The Hall–Kier alpha value is -1.26. The molecule has 0 saturated heterocycles.